The van der Waals surface area contributed by atoms with Gasteiger partial charge in [-0.2, -0.15) is 5.10 Å². The molecule has 1 amide bonds. The third-order valence-electron chi connectivity index (χ3n) is 4.90. The average Bonchev–Trinajstić information content (AvgIpc) is 2.99. The first-order valence-corrected chi connectivity index (χ1v) is 11.1. The fourth-order valence-electron chi connectivity index (χ4n) is 3.37. The Balaban J connectivity index is 1.52. The highest BCUT2D eigenvalue weighted by Gasteiger charge is 2.10. The third-order valence-corrected chi connectivity index (χ3v) is 5.75. The number of nitrogens with zero attached hydrogens (tertiary/aromatic N) is 4. The van der Waals surface area contributed by atoms with E-state index in [0.29, 0.717) is 5.16 Å². The number of carbonyl (C=O) groups is 1. The van der Waals surface area contributed by atoms with Gasteiger partial charge in [0.05, 0.1) is 11.5 Å². The summed E-state index contributed by atoms with van der Waals surface area (Å²) in [4.78, 5) is 23.2. The molecule has 1 N–H and O–H groups in total. The number of hydrogen-bond donors (Lipinski definition) is 1. The van der Waals surface area contributed by atoms with Crippen LogP contribution in [0.25, 0.3) is 0 Å². The van der Waals surface area contributed by atoms with Gasteiger partial charge < -0.3 is 4.90 Å². The quantitative estimate of drug-likeness (QED) is 0.335. The largest absolute Gasteiger partial charge is 0.372 e. The normalized spacial score (nSPS) is 15.1. The summed E-state index contributed by atoms with van der Waals surface area (Å²) in [7, 11) is 0. The van der Waals surface area contributed by atoms with Crippen LogP contribution in [0, 0.1) is 13.8 Å². The van der Waals surface area contributed by atoms with Gasteiger partial charge in [0.15, 0.2) is 5.16 Å². The molecule has 0 aliphatic carbocycles. The van der Waals surface area contributed by atoms with E-state index >= 15 is 0 Å². The third kappa shape index (κ3) is 6.56. The van der Waals surface area contributed by atoms with E-state index in [2.05, 4.69) is 49.7 Å². The lowest BCUT2D eigenvalue weighted by Gasteiger charge is -2.22. The molecule has 0 atom stereocenters. The van der Waals surface area contributed by atoms with E-state index in [1.165, 1.54) is 43.1 Å². The lowest BCUT2D eigenvalue weighted by Crippen LogP contribution is -2.23. The number of rotatable bonds is 6. The molecule has 1 aliphatic heterocycles. The predicted molar refractivity (Wildman–Crippen MR) is 120 cm³/mol. The molecule has 2 heterocycles. The standard InChI is InChI=1S/C22H29N5OS/c1-16-14-17(2)24-22(23-16)29-15-21(28)26-25-18(3)19-8-10-20(11-9-19)27-12-6-4-5-7-13-27/h8-11,14H,4-7,12-13,15H2,1-3H3,(H,26,28)/b25-18-. The van der Waals surface area contributed by atoms with E-state index in [1.807, 2.05) is 26.8 Å². The summed E-state index contributed by atoms with van der Waals surface area (Å²) < 4.78 is 0. The van der Waals surface area contributed by atoms with Gasteiger partial charge in [0, 0.05) is 30.2 Å². The number of benzene rings is 1. The summed E-state index contributed by atoms with van der Waals surface area (Å²) in [6.07, 6.45) is 5.18. The molecule has 0 spiro atoms. The zero-order valence-electron chi connectivity index (χ0n) is 17.4. The molecule has 0 radical (unpaired) electrons. The summed E-state index contributed by atoms with van der Waals surface area (Å²) in [5.41, 5.74) is 7.49. The Morgan fingerprint density at radius 1 is 1.07 bits per heavy atom. The first-order valence-electron chi connectivity index (χ1n) is 10.1. The van der Waals surface area contributed by atoms with Crippen molar-refractivity contribution in [2.45, 2.75) is 51.6 Å². The fourth-order valence-corrected chi connectivity index (χ4v) is 4.12. The molecule has 1 aromatic heterocycles. The van der Waals surface area contributed by atoms with Gasteiger partial charge in [0.25, 0.3) is 5.91 Å². The molecule has 1 aromatic carbocycles. The van der Waals surface area contributed by atoms with Gasteiger partial charge >= 0.3 is 0 Å². The molecule has 3 rings (SSSR count). The van der Waals surface area contributed by atoms with E-state index in [1.54, 1.807) is 0 Å². The van der Waals surface area contributed by atoms with Crippen molar-refractivity contribution in [1.82, 2.24) is 15.4 Å². The Kier molecular flexibility index (Phi) is 7.63. The molecule has 0 bridgehead atoms. The maximum atomic E-state index is 12.1. The summed E-state index contributed by atoms with van der Waals surface area (Å²) in [5, 5.41) is 4.86. The molecule has 1 saturated heterocycles. The van der Waals surface area contributed by atoms with Crippen molar-refractivity contribution in [1.29, 1.82) is 0 Å². The molecule has 1 fully saturated rings. The summed E-state index contributed by atoms with van der Waals surface area (Å²) in [6.45, 7) is 8.01. The van der Waals surface area contributed by atoms with Gasteiger partial charge in [-0.15, -0.1) is 0 Å². The van der Waals surface area contributed by atoms with Crippen LogP contribution in [0.1, 0.15) is 49.6 Å². The van der Waals surface area contributed by atoms with E-state index in [9.17, 15) is 4.79 Å². The van der Waals surface area contributed by atoms with Gasteiger partial charge in [0.1, 0.15) is 0 Å². The number of nitrogens with one attached hydrogen (secondary N) is 1. The Labute approximate surface area is 177 Å². The van der Waals surface area contributed by atoms with Crippen molar-refractivity contribution >= 4 is 29.1 Å². The highest BCUT2D eigenvalue weighted by atomic mass is 32.2. The minimum atomic E-state index is -0.168. The lowest BCUT2D eigenvalue weighted by atomic mass is 10.1. The predicted octanol–water partition coefficient (Wildman–Crippen LogP) is 4.11. The maximum Gasteiger partial charge on any atom is 0.250 e. The van der Waals surface area contributed by atoms with Crippen LogP contribution < -0.4 is 10.3 Å². The van der Waals surface area contributed by atoms with Gasteiger partial charge in [0.2, 0.25) is 0 Å². The Morgan fingerprint density at radius 2 is 1.69 bits per heavy atom. The number of anilines is 1. The summed E-state index contributed by atoms with van der Waals surface area (Å²) >= 11 is 1.31. The van der Waals surface area contributed by atoms with Crippen molar-refractivity contribution in [2.75, 3.05) is 23.7 Å². The first kappa shape index (κ1) is 21.3. The number of aromatic nitrogens is 2. The molecule has 0 unspecified atom stereocenters. The zero-order valence-corrected chi connectivity index (χ0v) is 18.3. The van der Waals surface area contributed by atoms with Crippen molar-refractivity contribution in [3.8, 4) is 0 Å². The van der Waals surface area contributed by atoms with Crippen molar-refractivity contribution in [2.24, 2.45) is 5.10 Å². The Hall–Kier alpha value is -2.41. The number of hydrazone groups is 1. The number of aryl methyl sites for hydroxylation is 2. The second kappa shape index (κ2) is 10.4. The number of carbonyl (C=O) groups excluding carboxylic acids is 1. The second-order valence-corrected chi connectivity index (χ2v) is 8.34. The highest BCUT2D eigenvalue weighted by molar-refractivity contribution is 7.99. The monoisotopic (exact) mass is 411 g/mol. The minimum Gasteiger partial charge on any atom is -0.372 e. The fraction of sp³-hybridized carbons (Fsp3) is 0.455. The molecule has 1 aliphatic rings. The molecule has 7 heteroatoms. The van der Waals surface area contributed by atoms with Gasteiger partial charge in [-0.05, 0) is 57.4 Å². The lowest BCUT2D eigenvalue weighted by molar-refractivity contribution is -0.118. The molecular formula is C22H29N5OS. The van der Waals surface area contributed by atoms with Gasteiger partial charge in [-0.25, -0.2) is 15.4 Å². The van der Waals surface area contributed by atoms with Crippen LogP contribution in [-0.4, -0.2) is 40.4 Å². The van der Waals surface area contributed by atoms with Crippen molar-refractivity contribution in [3.63, 3.8) is 0 Å². The molecule has 0 saturated carbocycles. The van der Waals surface area contributed by atoms with Crippen LogP contribution in [0.4, 0.5) is 5.69 Å². The zero-order chi connectivity index (χ0) is 20.6. The van der Waals surface area contributed by atoms with Gasteiger partial charge in [-0.1, -0.05) is 36.7 Å². The Bertz CT molecular complexity index is 838. The van der Waals surface area contributed by atoms with Gasteiger partial charge in [-0.3, -0.25) is 4.79 Å². The smallest absolute Gasteiger partial charge is 0.250 e. The van der Waals surface area contributed by atoms with E-state index in [-0.39, 0.29) is 11.7 Å². The average molecular weight is 412 g/mol. The van der Waals surface area contributed by atoms with Crippen molar-refractivity contribution in [3.05, 3.63) is 47.3 Å². The van der Waals surface area contributed by atoms with Crippen LogP contribution >= 0.6 is 11.8 Å². The van der Waals surface area contributed by atoms with Crippen LogP contribution in [0.2, 0.25) is 0 Å². The van der Waals surface area contributed by atoms with Crippen molar-refractivity contribution < 1.29 is 4.79 Å². The number of amides is 1. The van der Waals surface area contributed by atoms with Crippen LogP contribution in [0.3, 0.4) is 0 Å². The van der Waals surface area contributed by atoms with E-state index in [4.69, 9.17) is 0 Å². The maximum absolute atomic E-state index is 12.1. The number of thioether (sulfide) groups is 1. The SMILES string of the molecule is C/C(=N/NC(=O)CSc1nc(C)cc(C)n1)c1ccc(N2CCCCCC2)cc1. The molecule has 154 valence electrons. The van der Waals surface area contributed by atoms with Crippen LogP contribution in [0.5, 0.6) is 0 Å². The Morgan fingerprint density at radius 3 is 2.31 bits per heavy atom. The first-order chi connectivity index (χ1) is 14.0. The highest BCUT2D eigenvalue weighted by Crippen LogP contribution is 2.20. The van der Waals surface area contributed by atoms with Crippen LogP contribution in [-0.2, 0) is 4.79 Å². The number of hydrogen-bond acceptors (Lipinski definition) is 6. The van der Waals surface area contributed by atoms with E-state index < -0.39 is 0 Å². The molecular weight excluding hydrogens is 382 g/mol. The van der Waals surface area contributed by atoms with E-state index in [0.717, 1.165) is 35.8 Å². The summed E-state index contributed by atoms with van der Waals surface area (Å²) in [6, 6.07) is 10.4. The topological polar surface area (TPSA) is 70.5 Å². The summed E-state index contributed by atoms with van der Waals surface area (Å²) in [5.74, 6) is 0.0615. The minimum absolute atomic E-state index is 0.168. The van der Waals surface area contributed by atoms with Crippen LogP contribution in [0.15, 0.2) is 40.6 Å². The molecule has 2 aromatic rings. The molecule has 6 nitrogen and oxygen atoms in total. The molecule has 29 heavy (non-hydrogen) atoms. The second-order valence-electron chi connectivity index (χ2n) is 7.40.